The van der Waals surface area contributed by atoms with E-state index in [4.69, 9.17) is 4.74 Å². The van der Waals surface area contributed by atoms with Gasteiger partial charge in [0.1, 0.15) is 12.4 Å². The summed E-state index contributed by atoms with van der Waals surface area (Å²) in [7, 11) is 0. The minimum Gasteiger partial charge on any atom is -0.487 e. The zero-order valence-electron chi connectivity index (χ0n) is 12.2. The van der Waals surface area contributed by atoms with Gasteiger partial charge in [-0.05, 0) is 38.7 Å². The molecule has 110 valence electrons. The van der Waals surface area contributed by atoms with Gasteiger partial charge in [-0.25, -0.2) is 0 Å². The second-order valence-electron chi connectivity index (χ2n) is 5.16. The van der Waals surface area contributed by atoms with Gasteiger partial charge in [0.2, 0.25) is 0 Å². The highest BCUT2D eigenvalue weighted by atomic mass is 79.9. The Labute approximate surface area is 139 Å². The minimum absolute atomic E-state index is 0.575. The Hall–Kier alpha value is -2.06. The van der Waals surface area contributed by atoms with Gasteiger partial charge in [0, 0.05) is 6.42 Å². The second kappa shape index (κ2) is 7.28. The predicted octanol–water partition coefficient (Wildman–Crippen LogP) is 5.62. The molecule has 22 heavy (non-hydrogen) atoms. The van der Waals surface area contributed by atoms with E-state index in [1.807, 2.05) is 30.3 Å². The minimum atomic E-state index is 0.575. The predicted molar refractivity (Wildman–Crippen MR) is 94.2 cm³/mol. The van der Waals surface area contributed by atoms with Gasteiger partial charge in [0.25, 0.3) is 0 Å². The standard InChI is InChI=1S/C20H17BrO/c21-19-13-7-12-18(14-16-8-3-1-4-9-16)20(19)22-15-17-10-5-2-6-11-17/h1-13H,14-15H2. The fourth-order valence-corrected chi connectivity index (χ4v) is 2.92. The van der Waals surface area contributed by atoms with Crippen LogP contribution in [-0.4, -0.2) is 0 Å². The van der Waals surface area contributed by atoms with Gasteiger partial charge in [-0.1, -0.05) is 72.8 Å². The van der Waals surface area contributed by atoms with Crippen LogP contribution in [0.2, 0.25) is 0 Å². The molecule has 0 heterocycles. The monoisotopic (exact) mass is 352 g/mol. The highest BCUT2D eigenvalue weighted by Crippen LogP contribution is 2.31. The summed E-state index contributed by atoms with van der Waals surface area (Å²) in [5.41, 5.74) is 3.64. The molecule has 1 nitrogen and oxygen atoms in total. The molecule has 0 radical (unpaired) electrons. The van der Waals surface area contributed by atoms with E-state index < -0.39 is 0 Å². The van der Waals surface area contributed by atoms with Crippen molar-refractivity contribution < 1.29 is 4.74 Å². The molecule has 2 heteroatoms. The van der Waals surface area contributed by atoms with Crippen molar-refractivity contribution in [2.75, 3.05) is 0 Å². The summed E-state index contributed by atoms with van der Waals surface area (Å²) in [6, 6.07) is 26.9. The number of hydrogen-bond donors (Lipinski definition) is 0. The molecule has 0 saturated carbocycles. The maximum Gasteiger partial charge on any atom is 0.137 e. The molecule has 3 aromatic rings. The number of halogens is 1. The Bertz CT molecular complexity index is 723. The largest absolute Gasteiger partial charge is 0.487 e. The van der Waals surface area contributed by atoms with E-state index in [9.17, 15) is 0 Å². The van der Waals surface area contributed by atoms with Gasteiger partial charge < -0.3 is 4.74 Å². The summed E-state index contributed by atoms with van der Waals surface area (Å²) in [5, 5.41) is 0. The molecule has 0 bridgehead atoms. The van der Waals surface area contributed by atoms with Crippen molar-refractivity contribution in [1.29, 1.82) is 0 Å². The van der Waals surface area contributed by atoms with Crippen molar-refractivity contribution in [2.24, 2.45) is 0 Å². The van der Waals surface area contributed by atoms with Gasteiger partial charge in [-0.2, -0.15) is 0 Å². The van der Waals surface area contributed by atoms with Crippen LogP contribution in [0, 0.1) is 0 Å². The lowest BCUT2D eigenvalue weighted by molar-refractivity contribution is 0.301. The van der Waals surface area contributed by atoms with Gasteiger partial charge >= 0.3 is 0 Å². The normalized spacial score (nSPS) is 10.4. The average molecular weight is 353 g/mol. The van der Waals surface area contributed by atoms with Crippen molar-refractivity contribution in [3.05, 3.63) is 100 Å². The number of hydrogen-bond acceptors (Lipinski definition) is 1. The smallest absolute Gasteiger partial charge is 0.137 e. The third-order valence-corrected chi connectivity index (χ3v) is 4.14. The quantitative estimate of drug-likeness (QED) is 0.579. The Morgan fingerprint density at radius 1 is 0.682 bits per heavy atom. The van der Waals surface area contributed by atoms with E-state index in [0.717, 1.165) is 16.6 Å². The van der Waals surface area contributed by atoms with Crippen molar-refractivity contribution in [3.63, 3.8) is 0 Å². The van der Waals surface area contributed by atoms with Crippen LogP contribution in [-0.2, 0) is 13.0 Å². The lowest BCUT2D eigenvalue weighted by Gasteiger charge is -2.13. The van der Waals surface area contributed by atoms with Crippen molar-refractivity contribution in [1.82, 2.24) is 0 Å². The molecule has 0 saturated heterocycles. The van der Waals surface area contributed by atoms with E-state index >= 15 is 0 Å². The third-order valence-electron chi connectivity index (χ3n) is 3.51. The zero-order valence-corrected chi connectivity index (χ0v) is 13.8. The van der Waals surface area contributed by atoms with Crippen molar-refractivity contribution >= 4 is 15.9 Å². The van der Waals surface area contributed by atoms with E-state index in [1.54, 1.807) is 0 Å². The number of benzene rings is 3. The van der Waals surface area contributed by atoms with Gasteiger partial charge in [0.05, 0.1) is 4.47 Å². The lowest BCUT2D eigenvalue weighted by atomic mass is 10.0. The first kappa shape index (κ1) is 14.9. The number of para-hydroxylation sites is 1. The Morgan fingerprint density at radius 2 is 1.32 bits per heavy atom. The molecule has 0 aromatic heterocycles. The van der Waals surface area contributed by atoms with Crippen LogP contribution in [0.4, 0.5) is 0 Å². The summed E-state index contributed by atoms with van der Waals surface area (Å²) >= 11 is 3.61. The zero-order chi connectivity index (χ0) is 15.2. The molecule has 0 aliphatic rings. The van der Waals surface area contributed by atoms with Gasteiger partial charge in [-0.3, -0.25) is 0 Å². The van der Waals surface area contributed by atoms with Crippen LogP contribution in [0.5, 0.6) is 5.75 Å². The summed E-state index contributed by atoms with van der Waals surface area (Å²) in [6.07, 6.45) is 0.865. The van der Waals surface area contributed by atoms with Gasteiger partial charge in [0.15, 0.2) is 0 Å². The highest BCUT2D eigenvalue weighted by Gasteiger charge is 2.09. The molecular formula is C20H17BrO. The lowest BCUT2D eigenvalue weighted by Crippen LogP contribution is -2.00. The fraction of sp³-hybridized carbons (Fsp3) is 0.100. The fourth-order valence-electron chi connectivity index (χ4n) is 2.40. The molecule has 0 aliphatic heterocycles. The molecule has 0 unspecified atom stereocenters. The van der Waals surface area contributed by atoms with Crippen LogP contribution in [0.25, 0.3) is 0 Å². The molecule has 0 spiro atoms. The van der Waals surface area contributed by atoms with Crippen molar-refractivity contribution in [2.45, 2.75) is 13.0 Å². The Balaban J connectivity index is 1.81. The van der Waals surface area contributed by atoms with Crippen LogP contribution in [0.1, 0.15) is 16.7 Å². The maximum atomic E-state index is 6.08. The van der Waals surface area contributed by atoms with Crippen LogP contribution < -0.4 is 4.74 Å². The van der Waals surface area contributed by atoms with E-state index in [2.05, 4.69) is 64.5 Å². The molecule has 0 atom stereocenters. The first-order chi connectivity index (χ1) is 10.8. The van der Waals surface area contributed by atoms with Crippen LogP contribution in [0.3, 0.4) is 0 Å². The summed E-state index contributed by atoms with van der Waals surface area (Å²) < 4.78 is 7.08. The Kier molecular flexibility index (Phi) is 4.92. The molecule has 3 rings (SSSR count). The average Bonchev–Trinajstić information content (AvgIpc) is 2.56. The first-order valence-corrected chi connectivity index (χ1v) is 8.10. The Morgan fingerprint density at radius 3 is 2.00 bits per heavy atom. The molecule has 0 aliphatic carbocycles. The molecule has 3 aromatic carbocycles. The molecule has 0 N–H and O–H groups in total. The van der Waals surface area contributed by atoms with Gasteiger partial charge in [-0.15, -0.1) is 0 Å². The third kappa shape index (κ3) is 3.77. The molecule has 0 fully saturated rings. The number of ether oxygens (including phenoxy) is 1. The summed E-state index contributed by atoms with van der Waals surface area (Å²) in [4.78, 5) is 0. The maximum absolute atomic E-state index is 6.08. The highest BCUT2D eigenvalue weighted by molar-refractivity contribution is 9.10. The summed E-state index contributed by atoms with van der Waals surface area (Å²) in [6.45, 7) is 0.575. The van der Waals surface area contributed by atoms with Crippen LogP contribution >= 0.6 is 15.9 Å². The number of rotatable bonds is 5. The van der Waals surface area contributed by atoms with E-state index in [1.165, 1.54) is 16.7 Å². The van der Waals surface area contributed by atoms with E-state index in [0.29, 0.717) is 6.61 Å². The second-order valence-corrected chi connectivity index (χ2v) is 6.02. The first-order valence-electron chi connectivity index (χ1n) is 7.31. The molecule has 0 amide bonds. The SMILES string of the molecule is Brc1cccc(Cc2ccccc2)c1OCc1ccccc1. The van der Waals surface area contributed by atoms with Crippen LogP contribution in [0.15, 0.2) is 83.3 Å². The molecular weight excluding hydrogens is 336 g/mol. The van der Waals surface area contributed by atoms with E-state index in [-0.39, 0.29) is 0 Å². The summed E-state index contributed by atoms with van der Waals surface area (Å²) in [5.74, 6) is 0.926. The van der Waals surface area contributed by atoms with Crippen molar-refractivity contribution in [3.8, 4) is 5.75 Å². The topological polar surface area (TPSA) is 9.23 Å².